The van der Waals surface area contributed by atoms with Crippen LogP contribution in [-0.4, -0.2) is 50.3 Å². The molecule has 1 aliphatic heterocycles. The molecule has 1 atom stereocenters. The maximum Gasteiger partial charge on any atom is 0.242 e. The smallest absolute Gasteiger partial charge is 0.242 e. The number of para-hydroxylation sites is 2. The molecule has 0 bridgehead atoms. The highest BCUT2D eigenvalue weighted by Gasteiger charge is 2.27. The molecule has 2 aromatic heterocycles. The number of imidazole rings is 1. The Bertz CT molecular complexity index is 990. The van der Waals surface area contributed by atoms with Crippen LogP contribution in [0.3, 0.4) is 0 Å². The summed E-state index contributed by atoms with van der Waals surface area (Å²) in [6.07, 6.45) is 2.67. The van der Waals surface area contributed by atoms with Gasteiger partial charge in [0, 0.05) is 30.5 Å². The van der Waals surface area contributed by atoms with Gasteiger partial charge in [-0.3, -0.25) is 4.79 Å². The number of hydrogen-bond donors (Lipinski definition) is 0. The van der Waals surface area contributed by atoms with Gasteiger partial charge in [0.2, 0.25) is 11.8 Å². The minimum Gasteiger partial charge on any atom is -0.476 e. The number of aromatic nitrogens is 4. The molecule has 1 fully saturated rings. The molecule has 4 rings (SSSR count). The summed E-state index contributed by atoms with van der Waals surface area (Å²) in [6, 6.07) is 11.7. The van der Waals surface area contributed by atoms with E-state index in [1.807, 2.05) is 45.9 Å². The monoisotopic (exact) mass is 393 g/mol. The van der Waals surface area contributed by atoms with E-state index in [2.05, 4.69) is 36.0 Å². The lowest BCUT2D eigenvalue weighted by Gasteiger charge is -2.18. The molecule has 0 saturated carbocycles. The lowest BCUT2D eigenvalue weighted by Crippen LogP contribution is -2.32. The maximum absolute atomic E-state index is 12.7. The van der Waals surface area contributed by atoms with Crippen LogP contribution in [0.2, 0.25) is 0 Å². The summed E-state index contributed by atoms with van der Waals surface area (Å²) in [5, 5.41) is 8.43. The number of rotatable bonds is 5. The molecule has 7 heteroatoms. The number of ether oxygens (including phenoxy) is 1. The normalized spacial score (nSPS) is 17.1. The zero-order valence-electron chi connectivity index (χ0n) is 17.2. The topological polar surface area (TPSA) is 73.1 Å². The fourth-order valence-electron chi connectivity index (χ4n) is 3.58. The van der Waals surface area contributed by atoms with Crippen LogP contribution in [-0.2, 0) is 16.8 Å². The van der Waals surface area contributed by atoms with Crippen molar-refractivity contribution in [2.45, 2.75) is 39.2 Å². The van der Waals surface area contributed by atoms with Crippen molar-refractivity contribution in [2.75, 3.05) is 19.7 Å². The summed E-state index contributed by atoms with van der Waals surface area (Å²) in [4.78, 5) is 19.0. The minimum atomic E-state index is -0.0294. The Morgan fingerprint density at radius 1 is 1.17 bits per heavy atom. The van der Waals surface area contributed by atoms with Crippen LogP contribution >= 0.6 is 0 Å². The van der Waals surface area contributed by atoms with E-state index >= 15 is 0 Å². The first kappa shape index (κ1) is 19.4. The molecule has 1 amide bonds. The van der Waals surface area contributed by atoms with Crippen molar-refractivity contribution in [2.24, 2.45) is 5.92 Å². The molecule has 29 heavy (non-hydrogen) atoms. The Kier molecular flexibility index (Phi) is 5.22. The number of fused-ring (bicyclic) bond motifs is 1. The van der Waals surface area contributed by atoms with Crippen molar-refractivity contribution in [3.05, 3.63) is 48.4 Å². The van der Waals surface area contributed by atoms with Gasteiger partial charge in [-0.25, -0.2) is 4.98 Å². The van der Waals surface area contributed by atoms with Gasteiger partial charge in [-0.15, -0.1) is 5.10 Å². The van der Waals surface area contributed by atoms with Gasteiger partial charge in [0.15, 0.2) is 0 Å². The van der Waals surface area contributed by atoms with E-state index in [0.29, 0.717) is 31.5 Å². The zero-order chi connectivity index (χ0) is 20.4. The average Bonchev–Trinajstić information content (AvgIpc) is 3.34. The lowest BCUT2D eigenvalue weighted by atomic mass is 9.92. The van der Waals surface area contributed by atoms with Gasteiger partial charge in [0.1, 0.15) is 6.54 Å². The molecule has 0 radical (unpaired) electrons. The molecule has 3 heterocycles. The number of amides is 1. The molecule has 7 nitrogen and oxygen atoms in total. The standard InChI is InChI=1S/C22H27N5O2/c1-22(2,3)19-8-9-20(25-24-19)29-14-16-10-11-26(12-16)21(28)13-27-15-23-17-6-4-5-7-18(17)27/h4-9,15-16H,10-14H2,1-3H3. The van der Waals surface area contributed by atoms with Crippen LogP contribution in [0, 0.1) is 5.92 Å². The van der Waals surface area contributed by atoms with Crippen LogP contribution in [0.1, 0.15) is 32.9 Å². The third-order valence-electron chi connectivity index (χ3n) is 5.35. The van der Waals surface area contributed by atoms with Gasteiger partial charge in [-0.1, -0.05) is 32.9 Å². The predicted molar refractivity (Wildman–Crippen MR) is 111 cm³/mol. The molecule has 0 spiro atoms. The van der Waals surface area contributed by atoms with Gasteiger partial charge in [0.25, 0.3) is 0 Å². The third-order valence-corrected chi connectivity index (χ3v) is 5.35. The Morgan fingerprint density at radius 3 is 2.76 bits per heavy atom. The van der Waals surface area contributed by atoms with Gasteiger partial charge in [-0.2, -0.15) is 5.10 Å². The average molecular weight is 393 g/mol. The minimum absolute atomic E-state index is 0.0294. The molecule has 0 N–H and O–H groups in total. The van der Waals surface area contributed by atoms with Crippen molar-refractivity contribution in [1.29, 1.82) is 0 Å². The summed E-state index contributed by atoms with van der Waals surface area (Å²) < 4.78 is 7.73. The summed E-state index contributed by atoms with van der Waals surface area (Å²) in [5.41, 5.74) is 2.80. The first-order valence-electron chi connectivity index (χ1n) is 10.0. The van der Waals surface area contributed by atoms with Crippen LogP contribution in [0.15, 0.2) is 42.7 Å². The molecule has 1 unspecified atom stereocenters. The number of nitrogens with zero attached hydrogens (tertiary/aromatic N) is 5. The van der Waals surface area contributed by atoms with Gasteiger partial charge in [0.05, 0.1) is 29.7 Å². The molecule has 1 aliphatic rings. The fourth-order valence-corrected chi connectivity index (χ4v) is 3.58. The highest BCUT2D eigenvalue weighted by molar-refractivity contribution is 5.80. The van der Waals surface area contributed by atoms with E-state index < -0.39 is 0 Å². The second-order valence-electron chi connectivity index (χ2n) is 8.67. The van der Waals surface area contributed by atoms with E-state index in [0.717, 1.165) is 29.7 Å². The highest BCUT2D eigenvalue weighted by atomic mass is 16.5. The first-order valence-corrected chi connectivity index (χ1v) is 10.0. The van der Waals surface area contributed by atoms with Crippen molar-refractivity contribution in [3.8, 4) is 5.88 Å². The van der Waals surface area contributed by atoms with E-state index in [9.17, 15) is 4.79 Å². The van der Waals surface area contributed by atoms with E-state index in [1.54, 1.807) is 6.33 Å². The number of hydrogen-bond acceptors (Lipinski definition) is 5. The van der Waals surface area contributed by atoms with Crippen LogP contribution in [0.4, 0.5) is 0 Å². The van der Waals surface area contributed by atoms with Crippen LogP contribution < -0.4 is 4.74 Å². The number of carbonyl (C=O) groups is 1. The molecule has 1 aromatic carbocycles. The lowest BCUT2D eigenvalue weighted by molar-refractivity contribution is -0.130. The van der Waals surface area contributed by atoms with Crippen molar-refractivity contribution < 1.29 is 9.53 Å². The molecule has 3 aromatic rings. The second kappa shape index (κ2) is 7.81. The van der Waals surface area contributed by atoms with E-state index in [-0.39, 0.29) is 11.3 Å². The van der Waals surface area contributed by atoms with Gasteiger partial charge < -0.3 is 14.2 Å². The Morgan fingerprint density at radius 2 is 2.00 bits per heavy atom. The van der Waals surface area contributed by atoms with E-state index in [1.165, 1.54) is 0 Å². The van der Waals surface area contributed by atoms with Gasteiger partial charge in [-0.05, 0) is 24.6 Å². The molecular weight excluding hydrogens is 366 g/mol. The van der Waals surface area contributed by atoms with Crippen molar-refractivity contribution in [1.82, 2.24) is 24.6 Å². The summed E-state index contributed by atoms with van der Waals surface area (Å²) in [5.74, 6) is 0.959. The summed E-state index contributed by atoms with van der Waals surface area (Å²) in [7, 11) is 0. The summed E-state index contributed by atoms with van der Waals surface area (Å²) >= 11 is 0. The largest absolute Gasteiger partial charge is 0.476 e. The predicted octanol–water partition coefficient (Wildman–Crippen LogP) is 3.05. The van der Waals surface area contributed by atoms with Crippen LogP contribution in [0.25, 0.3) is 11.0 Å². The molecular formula is C22H27N5O2. The highest BCUT2D eigenvalue weighted by Crippen LogP contribution is 2.22. The third kappa shape index (κ3) is 4.39. The number of likely N-dealkylation sites (tertiary alicyclic amines) is 1. The van der Waals surface area contributed by atoms with E-state index in [4.69, 9.17) is 4.74 Å². The molecule has 1 saturated heterocycles. The maximum atomic E-state index is 12.7. The van der Waals surface area contributed by atoms with Crippen molar-refractivity contribution >= 4 is 16.9 Å². The van der Waals surface area contributed by atoms with Crippen LogP contribution in [0.5, 0.6) is 5.88 Å². The summed E-state index contributed by atoms with van der Waals surface area (Å²) in [6.45, 7) is 8.64. The zero-order valence-corrected chi connectivity index (χ0v) is 17.2. The first-order chi connectivity index (χ1) is 13.9. The quantitative estimate of drug-likeness (QED) is 0.666. The number of benzene rings is 1. The molecule has 0 aliphatic carbocycles. The number of carbonyl (C=O) groups excluding carboxylic acids is 1. The fraction of sp³-hybridized carbons (Fsp3) is 0.455. The van der Waals surface area contributed by atoms with Crippen molar-refractivity contribution in [3.63, 3.8) is 0 Å². The Hall–Kier alpha value is -2.96. The SMILES string of the molecule is CC(C)(C)c1ccc(OCC2CCN(C(=O)Cn3cnc4ccccc43)C2)nn1. The molecule has 152 valence electrons. The second-order valence-corrected chi connectivity index (χ2v) is 8.67. The Balaban J connectivity index is 1.29. The van der Waals surface area contributed by atoms with Gasteiger partial charge >= 0.3 is 0 Å². The Labute approximate surface area is 170 Å².